The molecule has 86 valence electrons. The van der Waals surface area contributed by atoms with Gasteiger partial charge >= 0.3 is 0 Å². The van der Waals surface area contributed by atoms with Crippen LogP contribution in [0.3, 0.4) is 0 Å². The Morgan fingerprint density at radius 2 is 2.31 bits per heavy atom. The highest BCUT2D eigenvalue weighted by Crippen LogP contribution is 2.32. The van der Waals surface area contributed by atoms with Crippen molar-refractivity contribution in [2.24, 2.45) is 11.7 Å². The lowest BCUT2D eigenvalue weighted by molar-refractivity contribution is -0.116. The molecule has 1 aromatic rings. The second-order valence-corrected chi connectivity index (χ2v) is 4.62. The highest BCUT2D eigenvalue weighted by atomic mass is 16.1. The molecule has 0 bridgehead atoms. The van der Waals surface area contributed by atoms with Crippen LogP contribution >= 0.6 is 0 Å². The number of carbonyl (C=O) groups is 1. The van der Waals surface area contributed by atoms with E-state index in [1.807, 2.05) is 31.2 Å². The average molecular weight is 218 g/mol. The molecule has 1 amide bonds. The van der Waals surface area contributed by atoms with E-state index in [-0.39, 0.29) is 11.9 Å². The van der Waals surface area contributed by atoms with Gasteiger partial charge in [-0.1, -0.05) is 12.1 Å². The molecule has 1 fully saturated rings. The van der Waals surface area contributed by atoms with Crippen molar-refractivity contribution in [3.63, 3.8) is 0 Å². The number of anilines is 1. The SMILES string of the molecule is Cc1cccc(NC(=O)CC(N)C2CC2)c1. The van der Waals surface area contributed by atoms with E-state index in [1.165, 1.54) is 12.8 Å². The first-order valence-corrected chi connectivity index (χ1v) is 5.77. The summed E-state index contributed by atoms with van der Waals surface area (Å²) in [7, 11) is 0. The zero-order chi connectivity index (χ0) is 11.5. The summed E-state index contributed by atoms with van der Waals surface area (Å²) in [5, 5.41) is 2.88. The first-order chi connectivity index (χ1) is 7.65. The second-order valence-electron chi connectivity index (χ2n) is 4.62. The van der Waals surface area contributed by atoms with E-state index in [2.05, 4.69) is 5.32 Å². The minimum absolute atomic E-state index is 0.0185. The molecule has 0 aromatic heterocycles. The molecule has 0 spiro atoms. The maximum Gasteiger partial charge on any atom is 0.225 e. The molecule has 1 aliphatic rings. The molecule has 1 aliphatic carbocycles. The summed E-state index contributed by atoms with van der Waals surface area (Å²) in [6, 6.07) is 7.83. The summed E-state index contributed by atoms with van der Waals surface area (Å²) in [4.78, 5) is 11.7. The van der Waals surface area contributed by atoms with Crippen molar-refractivity contribution in [3.8, 4) is 0 Å². The van der Waals surface area contributed by atoms with Crippen LogP contribution in [0.2, 0.25) is 0 Å². The van der Waals surface area contributed by atoms with Crippen molar-refractivity contribution in [1.82, 2.24) is 0 Å². The maximum absolute atomic E-state index is 11.7. The van der Waals surface area contributed by atoms with Gasteiger partial charge in [-0.2, -0.15) is 0 Å². The molecular weight excluding hydrogens is 200 g/mol. The first-order valence-electron chi connectivity index (χ1n) is 5.77. The van der Waals surface area contributed by atoms with Crippen LogP contribution < -0.4 is 11.1 Å². The van der Waals surface area contributed by atoms with Gasteiger partial charge in [0.2, 0.25) is 5.91 Å². The molecule has 0 aliphatic heterocycles. The van der Waals surface area contributed by atoms with Crippen molar-refractivity contribution in [1.29, 1.82) is 0 Å². The molecule has 1 atom stereocenters. The lowest BCUT2D eigenvalue weighted by Crippen LogP contribution is -2.28. The number of aryl methyl sites for hydroxylation is 1. The molecule has 1 aromatic carbocycles. The summed E-state index contributed by atoms with van der Waals surface area (Å²) in [6.45, 7) is 2.01. The molecule has 3 heteroatoms. The third kappa shape index (κ3) is 3.07. The van der Waals surface area contributed by atoms with Crippen molar-refractivity contribution in [3.05, 3.63) is 29.8 Å². The zero-order valence-electron chi connectivity index (χ0n) is 9.57. The van der Waals surface area contributed by atoms with E-state index in [0.717, 1.165) is 11.3 Å². The normalized spacial score (nSPS) is 16.9. The van der Waals surface area contributed by atoms with Gasteiger partial charge in [-0.05, 0) is 43.4 Å². The van der Waals surface area contributed by atoms with Crippen molar-refractivity contribution >= 4 is 11.6 Å². The Kier molecular flexibility index (Phi) is 3.25. The molecule has 0 heterocycles. The Labute approximate surface area is 96.0 Å². The van der Waals surface area contributed by atoms with Crippen LogP contribution in [0, 0.1) is 12.8 Å². The highest BCUT2D eigenvalue weighted by Gasteiger charge is 2.29. The molecule has 1 saturated carbocycles. The third-order valence-corrected chi connectivity index (χ3v) is 2.95. The molecule has 16 heavy (non-hydrogen) atoms. The standard InChI is InChI=1S/C13H18N2O/c1-9-3-2-4-11(7-9)15-13(16)8-12(14)10-5-6-10/h2-4,7,10,12H,5-6,8,14H2,1H3,(H,15,16). The van der Waals surface area contributed by atoms with Gasteiger partial charge in [0, 0.05) is 18.2 Å². The molecule has 3 N–H and O–H groups in total. The number of carbonyl (C=O) groups excluding carboxylic acids is 1. The number of nitrogens with one attached hydrogen (secondary N) is 1. The monoisotopic (exact) mass is 218 g/mol. The lowest BCUT2D eigenvalue weighted by Gasteiger charge is -2.10. The van der Waals surface area contributed by atoms with Crippen LogP contribution in [-0.4, -0.2) is 11.9 Å². The largest absolute Gasteiger partial charge is 0.327 e. The number of nitrogens with two attached hydrogens (primary N) is 1. The molecule has 2 rings (SSSR count). The van der Waals surface area contributed by atoms with Gasteiger partial charge < -0.3 is 11.1 Å². The fraction of sp³-hybridized carbons (Fsp3) is 0.462. The van der Waals surface area contributed by atoms with Crippen LogP contribution in [0.5, 0.6) is 0 Å². The fourth-order valence-corrected chi connectivity index (χ4v) is 1.84. The van der Waals surface area contributed by atoms with Gasteiger partial charge in [-0.25, -0.2) is 0 Å². The first kappa shape index (κ1) is 11.1. The predicted molar refractivity (Wildman–Crippen MR) is 65.1 cm³/mol. The molecule has 0 saturated heterocycles. The minimum atomic E-state index is 0.0185. The van der Waals surface area contributed by atoms with Crippen LogP contribution in [0.1, 0.15) is 24.8 Å². The highest BCUT2D eigenvalue weighted by molar-refractivity contribution is 5.91. The quantitative estimate of drug-likeness (QED) is 0.812. The van der Waals surface area contributed by atoms with Crippen LogP contribution in [0.4, 0.5) is 5.69 Å². The lowest BCUT2D eigenvalue weighted by atomic mass is 10.1. The maximum atomic E-state index is 11.7. The summed E-state index contributed by atoms with van der Waals surface area (Å²) in [5.41, 5.74) is 7.90. The smallest absolute Gasteiger partial charge is 0.225 e. The van der Waals surface area contributed by atoms with Crippen LogP contribution in [0.15, 0.2) is 24.3 Å². The van der Waals surface area contributed by atoms with Gasteiger partial charge in [0.1, 0.15) is 0 Å². The Morgan fingerprint density at radius 1 is 1.56 bits per heavy atom. The summed E-state index contributed by atoms with van der Waals surface area (Å²) < 4.78 is 0. The van der Waals surface area contributed by atoms with E-state index in [4.69, 9.17) is 5.73 Å². The third-order valence-electron chi connectivity index (χ3n) is 2.95. The predicted octanol–water partition coefficient (Wildman–Crippen LogP) is 2.06. The van der Waals surface area contributed by atoms with Gasteiger partial charge in [0.25, 0.3) is 0 Å². The zero-order valence-corrected chi connectivity index (χ0v) is 9.57. The number of rotatable bonds is 4. The summed E-state index contributed by atoms with van der Waals surface area (Å²) >= 11 is 0. The van der Waals surface area contributed by atoms with E-state index in [1.54, 1.807) is 0 Å². The Hall–Kier alpha value is -1.35. The molecule has 1 unspecified atom stereocenters. The van der Waals surface area contributed by atoms with Crippen molar-refractivity contribution in [2.45, 2.75) is 32.2 Å². The van der Waals surface area contributed by atoms with Gasteiger partial charge in [-0.3, -0.25) is 4.79 Å². The summed E-state index contributed by atoms with van der Waals surface area (Å²) in [5.74, 6) is 0.591. The van der Waals surface area contributed by atoms with E-state index in [9.17, 15) is 4.79 Å². The van der Waals surface area contributed by atoms with E-state index >= 15 is 0 Å². The van der Waals surface area contributed by atoms with E-state index < -0.39 is 0 Å². The Bertz CT molecular complexity index is 385. The van der Waals surface area contributed by atoms with Crippen molar-refractivity contribution < 1.29 is 4.79 Å². The summed E-state index contributed by atoms with van der Waals surface area (Å²) in [6.07, 6.45) is 2.79. The van der Waals surface area contributed by atoms with Gasteiger partial charge in [0.15, 0.2) is 0 Å². The van der Waals surface area contributed by atoms with E-state index in [0.29, 0.717) is 12.3 Å². The Morgan fingerprint density at radius 3 is 2.94 bits per heavy atom. The Balaban J connectivity index is 1.86. The fourth-order valence-electron chi connectivity index (χ4n) is 1.84. The van der Waals surface area contributed by atoms with Gasteiger partial charge in [0.05, 0.1) is 0 Å². The molecule has 3 nitrogen and oxygen atoms in total. The number of benzene rings is 1. The van der Waals surface area contributed by atoms with Crippen LogP contribution in [0.25, 0.3) is 0 Å². The topological polar surface area (TPSA) is 55.1 Å². The number of amides is 1. The average Bonchev–Trinajstić information content (AvgIpc) is 2.99. The molecular formula is C13H18N2O. The molecule has 0 radical (unpaired) electrons. The number of hydrogen-bond donors (Lipinski definition) is 2. The van der Waals surface area contributed by atoms with Crippen molar-refractivity contribution in [2.75, 3.05) is 5.32 Å². The van der Waals surface area contributed by atoms with Crippen LogP contribution in [-0.2, 0) is 4.79 Å². The second kappa shape index (κ2) is 4.66. The number of hydrogen-bond acceptors (Lipinski definition) is 2. The van der Waals surface area contributed by atoms with Gasteiger partial charge in [-0.15, -0.1) is 0 Å². The minimum Gasteiger partial charge on any atom is -0.327 e.